The number of amides is 1. The first-order valence-electron chi connectivity index (χ1n) is 9.35. The van der Waals surface area contributed by atoms with Crippen LogP contribution in [0.3, 0.4) is 0 Å². The monoisotopic (exact) mass is 406 g/mol. The van der Waals surface area contributed by atoms with Crippen LogP contribution in [-0.2, 0) is 4.74 Å². The molecule has 0 spiro atoms. The summed E-state index contributed by atoms with van der Waals surface area (Å²) in [6.07, 6.45) is -0.274. The van der Waals surface area contributed by atoms with Crippen molar-refractivity contribution in [2.75, 3.05) is 32.8 Å². The summed E-state index contributed by atoms with van der Waals surface area (Å²) in [4.78, 5) is 20.7. The Balaban J connectivity index is 1.64. The number of carbonyl (C=O) groups excluding carboxylic acids is 1. The number of rotatable bonds is 4. The third-order valence-corrected chi connectivity index (χ3v) is 6.04. The molecule has 0 radical (unpaired) electrons. The number of aryl methyl sites for hydroxylation is 2. The van der Waals surface area contributed by atoms with Crippen LogP contribution >= 0.6 is 11.3 Å². The highest BCUT2D eigenvalue weighted by Crippen LogP contribution is 2.35. The topological polar surface area (TPSA) is 97.5 Å². The highest BCUT2D eigenvalue weighted by Gasteiger charge is 2.37. The maximum Gasteiger partial charge on any atom is 0.410 e. The normalized spacial score (nSPS) is 16.6. The minimum Gasteiger partial charge on any atom is -0.492 e. The quantitative estimate of drug-likeness (QED) is 0.675. The van der Waals surface area contributed by atoms with E-state index in [0.29, 0.717) is 30.5 Å². The van der Waals surface area contributed by atoms with Crippen molar-refractivity contribution in [3.05, 3.63) is 34.4 Å². The van der Waals surface area contributed by atoms with Crippen molar-refractivity contribution in [1.29, 1.82) is 0 Å². The molecule has 1 aliphatic heterocycles. The molecular weight excluding hydrogens is 382 g/mol. The van der Waals surface area contributed by atoms with E-state index in [1.54, 1.807) is 18.7 Å². The molecule has 1 amide bonds. The molecule has 1 atom stereocenters. The molecule has 3 aromatic rings. The Labute approximate surface area is 166 Å². The maximum absolute atomic E-state index is 12.0. The number of carbonyl (C=O) groups is 1. The summed E-state index contributed by atoms with van der Waals surface area (Å²) in [5, 5.41) is 15.1. The molecule has 28 heavy (non-hydrogen) atoms. The molecule has 0 bridgehead atoms. The molecule has 10 heteroatoms. The molecule has 2 N–H and O–H groups in total. The lowest BCUT2D eigenvalue weighted by Gasteiger charge is -2.34. The van der Waals surface area contributed by atoms with Gasteiger partial charge in [-0.05, 0) is 32.9 Å². The van der Waals surface area contributed by atoms with Crippen LogP contribution in [0.4, 0.5) is 4.79 Å². The molecule has 0 aliphatic carbocycles. The van der Waals surface area contributed by atoms with Crippen molar-refractivity contribution in [3.8, 4) is 5.88 Å². The summed E-state index contributed by atoms with van der Waals surface area (Å²) < 4.78 is 12.5. The SMILES string of the molecule is CCOC(=O)N1CC[NH+]([C@@H](c2ccc(C)o2)c2sc3nc(C)nn3c2O)CC1. The molecule has 150 valence electrons. The fourth-order valence-electron chi connectivity index (χ4n) is 3.64. The Hall–Kier alpha value is -2.59. The molecule has 0 saturated carbocycles. The maximum atomic E-state index is 12.0. The number of nitrogens with one attached hydrogen (secondary N) is 1. The number of hydrogen-bond donors (Lipinski definition) is 2. The zero-order valence-corrected chi connectivity index (χ0v) is 17.0. The van der Waals surface area contributed by atoms with Gasteiger partial charge in [0, 0.05) is 0 Å². The van der Waals surface area contributed by atoms with E-state index in [2.05, 4.69) is 10.1 Å². The Bertz CT molecular complexity index is 986. The van der Waals surface area contributed by atoms with Crippen LogP contribution in [-0.4, -0.2) is 63.5 Å². The lowest BCUT2D eigenvalue weighted by atomic mass is 10.1. The number of quaternary nitrogens is 1. The summed E-state index contributed by atoms with van der Waals surface area (Å²) in [7, 11) is 0. The third kappa shape index (κ3) is 3.33. The van der Waals surface area contributed by atoms with E-state index in [-0.39, 0.29) is 18.0 Å². The van der Waals surface area contributed by atoms with E-state index in [4.69, 9.17) is 9.15 Å². The highest BCUT2D eigenvalue weighted by molar-refractivity contribution is 7.17. The van der Waals surface area contributed by atoms with Crippen molar-refractivity contribution in [2.24, 2.45) is 0 Å². The van der Waals surface area contributed by atoms with Crippen LogP contribution < -0.4 is 4.90 Å². The minimum absolute atomic E-state index is 0.0972. The highest BCUT2D eigenvalue weighted by atomic mass is 32.1. The average molecular weight is 406 g/mol. The van der Waals surface area contributed by atoms with Crippen LogP contribution in [0.1, 0.15) is 35.2 Å². The molecule has 0 unspecified atom stereocenters. The first-order chi connectivity index (χ1) is 13.5. The minimum atomic E-state index is -0.274. The van der Waals surface area contributed by atoms with Gasteiger partial charge in [-0.25, -0.2) is 9.78 Å². The van der Waals surface area contributed by atoms with Crippen LogP contribution in [0.2, 0.25) is 0 Å². The first-order valence-corrected chi connectivity index (χ1v) is 10.2. The summed E-state index contributed by atoms with van der Waals surface area (Å²) >= 11 is 1.42. The van der Waals surface area contributed by atoms with Gasteiger partial charge < -0.3 is 19.2 Å². The largest absolute Gasteiger partial charge is 0.492 e. The molecule has 1 saturated heterocycles. The van der Waals surface area contributed by atoms with Gasteiger partial charge in [-0.3, -0.25) is 4.90 Å². The van der Waals surface area contributed by atoms with Gasteiger partial charge in [0.05, 0.1) is 32.8 Å². The number of nitrogens with zero attached hydrogens (tertiary/aromatic N) is 4. The van der Waals surface area contributed by atoms with Gasteiger partial charge in [0.1, 0.15) is 16.5 Å². The number of ether oxygens (including phenoxy) is 1. The summed E-state index contributed by atoms with van der Waals surface area (Å²) in [6.45, 7) is 8.49. The van der Waals surface area contributed by atoms with Crippen molar-refractivity contribution in [3.63, 3.8) is 0 Å². The Morgan fingerprint density at radius 1 is 1.39 bits per heavy atom. The van der Waals surface area contributed by atoms with E-state index in [1.807, 2.05) is 19.1 Å². The van der Waals surface area contributed by atoms with Gasteiger partial charge in [0.15, 0.2) is 11.8 Å². The van der Waals surface area contributed by atoms with Gasteiger partial charge >= 0.3 is 6.09 Å². The first kappa shape index (κ1) is 18.8. The molecule has 4 heterocycles. The standard InChI is InChI=1S/C18H23N5O4S/c1-4-26-18(25)22-9-7-21(8-10-22)14(13-6-5-11(2)27-13)15-16(24)23-17(28-15)19-12(3)20-23/h5-6,14,24H,4,7-10H2,1-3H3/p+1/t14-/m0/s1. The molecule has 1 aliphatic rings. The lowest BCUT2D eigenvalue weighted by Crippen LogP contribution is -3.15. The predicted octanol–water partition coefficient (Wildman–Crippen LogP) is 1.15. The van der Waals surface area contributed by atoms with Crippen LogP contribution in [0.5, 0.6) is 5.88 Å². The second kappa shape index (κ2) is 7.44. The lowest BCUT2D eigenvalue weighted by molar-refractivity contribution is -0.930. The zero-order valence-electron chi connectivity index (χ0n) is 16.1. The van der Waals surface area contributed by atoms with Crippen molar-refractivity contribution in [1.82, 2.24) is 19.5 Å². The van der Waals surface area contributed by atoms with Gasteiger partial charge in [0.25, 0.3) is 0 Å². The molecule has 4 rings (SSSR count). The fraction of sp³-hybridized carbons (Fsp3) is 0.500. The van der Waals surface area contributed by atoms with E-state index in [1.165, 1.54) is 20.8 Å². The Morgan fingerprint density at radius 3 is 2.75 bits per heavy atom. The van der Waals surface area contributed by atoms with E-state index in [9.17, 15) is 9.90 Å². The number of fused-ring (bicyclic) bond motifs is 1. The van der Waals surface area contributed by atoms with Crippen molar-refractivity contribution >= 4 is 22.4 Å². The molecule has 9 nitrogen and oxygen atoms in total. The molecule has 0 aromatic carbocycles. The van der Waals surface area contributed by atoms with Crippen LogP contribution in [0.25, 0.3) is 4.96 Å². The van der Waals surface area contributed by atoms with Crippen LogP contribution in [0, 0.1) is 13.8 Å². The fourth-order valence-corrected chi connectivity index (χ4v) is 4.81. The number of thiazole rings is 1. The second-order valence-electron chi connectivity index (χ2n) is 6.87. The molecule has 1 fully saturated rings. The second-order valence-corrected chi connectivity index (χ2v) is 7.88. The van der Waals surface area contributed by atoms with E-state index in [0.717, 1.165) is 29.5 Å². The zero-order chi connectivity index (χ0) is 19.8. The van der Waals surface area contributed by atoms with Crippen molar-refractivity contribution in [2.45, 2.75) is 26.8 Å². The number of aromatic nitrogens is 3. The predicted molar refractivity (Wildman–Crippen MR) is 102 cm³/mol. The number of furan rings is 1. The summed E-state index contributed by atoms with van der Waals surface area (Å²) in [5.74, 6) is 2.32. The number of piperazine rings is 1. The van der Waals surface area contributed by atoms with Crippen molar-refractivity contribution < 1.29 is 24.0 Å². The summed E-state index contributed by atoms with van der Waals surface area (Å²) in [5.41, 5.74) is 0. The van der Waals surface area contributed by atoms with Gasteiger partial charge in [-0.1, -0.05) is 11.3 Å². The van der Waals surface area contributed by atoms with Crippen LogP contribution in [0.15, 0.2) is 16.5 Å². The molecular formula is C18H24N5O4S+. The Kier molecular flexibility index (Phi) is 4.98. The third-order valence-electron chi connectivity index (χ3n) is 4.95. The number of hydrogen-bond acceptors (Lipinski definition) is 7. The Morgan fingerprint density at radius 2 is 2.14 bits per heavy atom. The summed E-state index contributed by atoms with van der Waals surface area (Å²) in [6, 6.07) is 3.69. The van der Waals surface area contributed by atoms with Gasteiger partial charge in [-0.15, -0.1) is 5.10 Å². The smallest absolute Gasteiger partial charge is 0.410 e. The van der Waals surface area contributed by atoms with Gasteiger partial charge in [-0.2, -0.15) is 4.52 Å². The number of aromatic hydroxyl groups is 1. The molecule has 3 aromatic heterocycles. The van der Waals surface area contributed by atoms with E-state index >= 15 is 0 Å². The average Bonchev–Trinajstić information content (AvgIpc) is 3.33. The van der Waals surface area contributed by atoms with Gasteiger partial charge in [0.2, 0.25) is 10.8 Å². The van der Waals surface area contributed by atoms with E-state index < -0.39 is 0 Å².